The topological polar surface area (TPSA) is 46.3 Å². The number of hydrogen-bond donors (Lipinski definition) is 1. The molecule has 3 nitrogen and oxygen atoms in total. The van der Waals surface area contributed by atoms with Gasteiger partial charge in [-0.15, -0.1) is 0 Å². The Morgan fingerprint density at radius 1 is 0.882 bits per heavy atom. The number of hydrogen-bond acceptors (Lipinski definition) is 2. The summed E-state index contributed by atoms with van der Waals surface area (Å²) in [5.74, 6) is 0.184. The lowest BCUT2D eigenvalue weighted by molar-refractivity contribution is -0.136. The average molecular weight is 238 g/mol. The zero-order valence-corrected chi connectivity index (χ0v) is 10.9. The van der Waals surface area contributed by atoms with Crippen LogP contribution in [0.1, 0.15) is 64.2 Å². The molecule has 0 heterocycles. The lowest BCUT2D eigenvalue weighted by atomic mass is 9.88. The Morgan fingerprint density at radius 2 is 1.29 bits per heavy atom. The third-order valence-corrected chi connectivity index (χ3v) is 4.40. The molecule has 0 atom stereocenters. The highest BCUT2D eigenvalue weighted by atomic mass is 16.2. The van der Waals surface area contributed by atoms with Gasteiger partial charge in [-0.3, -0.25) is 4.79 Å². The van der Waals surface area contributed by atoms with Gasteiger partial charge in [0.2, 0.25) is 5.91 Å². The Bertz CT molecular complexity index is 225. The van der Waals surface area contributed by atoms with Crippen LogP contribution in [0, 0.1) is 0 Å². The molecule has 0 bridgehead atoms. The van der Waals surface area contributed by atoms with E-state index in [9.17, 15) is 4.79 Å². The third-order valence-electron chi connectivity index (χ3n) is 4.40. The van der Waals surface area contributed by atoms with Gasteiger partial charge in [0, 0.05) is 12.1 Å². The Morgan fingerprint density at radius 3 is 1.65 bits per heavy atom. The van der Waals surface area contributed by atoms with Crippen molar-refractivity contribution in [3.8, 4) is 0 Å². The molecule has 2 N–H and O–H groups in total. The van der Waals surface area contributed by atoms with Crippen molar-refractivity contribution in [3.63, 3.8) is 0 Å². The van der Waals surface area contributed by atoms with E-state index in [4.69, 9.17) is 5.73 Å². The molecule has 2 aliphatic rings. The van der Waals surface area contributed by atoms with Crippen LogP contribution in [0.15, 0.2) is 0 Å². The first kappa shape index (κ1) is 12.9. The number of nitrogens with two attached hydrogens (primary N) is 1. The van der Waals surface area contributed by atoms with E-state index in [0.29, 0.717) is 12.1 Å². The number of rotatable bonds is 3. The highest BCUT2D eigenvalue weighted by molar-refractivity contribution is 5.78. The van der Waals surface area contributed by atoms with Gasteiger partial charge < -0.3 is 10.6 Å². The van der Waals surface area contributed by atoms with Crippen LogP contribution in [0.25, 0.3) is 0 Å². The molecule has 1 amide bonds. The fraction of sp³-hybridized carbons (Fsp3) is 0.929. The van der Waals surface area contributed by atoms with Crippen molar-refractivity contribution < 1.29 is 4.79 Å². The minimum absolute atomic E-state index is 0.184. The second-order valence-corrected chi connectivity index (χ2v) is 5.59. The fourth-order valence-electron chi connectivity index (χ4n) is 3.53. The Balaban J connectivity index is 2.02. The first-order valence-corrected chi connectivity index (χ1v) is 7.34. The second-order valence-electron chi connectivity index (χ2n) is 5.59. The Hall–Kier alpha value is -0.570. The van der Waals surface area contributed by atoms with Gasteiger partial charge in [-0.1, -0.05) is 38.5 Å². The number of carbonyl (C=O) groups excluding carboxylic acids is 1. The summed E-state index contributed by atoms with van der Waals surface area (Å²) >= 11 is 0. The first-order chi connectivity index (χ1) is 8.33. The van der Waals surface area contributed by atoms with E-state index >= 15 is 0 Å². The molecule has 2 rings (SSSR count). The largest absolute Gasteiger partial charge is 0.336 e. The van der Waals surface area contributed by atoms with Crippen molar-refractivity contribution in [1.82, 2.24) is 4.90 Å². The zero-order chi connectivity index (χ0) is 12.1. The molecular weight excluding hydrogens is 212 g/mol. The van der Waals surface area contributed by atoms with Crippen LogP contribution in [0.4, 0.5) is 0 Å². The summed E-state index contributed by atoms with van der Waals surface area (Å²) in [7, 11) is 0. The molecule has 0 aromatic heterocycles. The minimum Gasteiger partial charge on any atom is -0.336 e. The predicted molar refractivity (Wildman–Crippen MR) is 69.6 cm³/mol. The molecule has 0 saturated heterocycles. The lowest BCUT2D eigenvalue weighted by Crippen LogP contribution is -2.50. The molecule has 2 fully saturated rings. The van der Waals surface area contributed by atoms with Gasteiger partial charge in [0.1, 0.15) is 0 Å². The normalized spacial score (nSPS) is 23.6. The fourth-order valence-corrected chi connectivity index (χ4v) is 3.53. The highest BCUT2D eigenvalue weighted by Gasteiger charge is 2.31. The van der Waals surface area contributed by atoms with Gasteiger partial charge in [-0.05, 0) is 25.7 Å². The van der Waals surface area contributed by atoms with Gasteiger partial charge in [-0.25, -0.2) is 0 Å². The summed E-state index contributed by atoms with van der Waals surface area (Å²) < 4.78 is 0. The number of amides is 1. The third kappa shape index (κ3) is 3.21. The second kappa shape index (κ2) is 6.39. The predicted octanol–water partition coefficient (Wildman–Crippen LogP) is 2.44. The highest BCUT2D eigenvalue weighted by Crippen LogP contribution is 2.30. The summed E-state index contributed by atoms with van der Waals surface area (Å²) in [6.45, 7) is 0.188. The average Bonchev–Trinajstić information content (AvgIpc) is 2.41. The maximum absolute atomic E-state index is 12.1. The molecule has 0 radical (unpaired) electrons. The summed E-state index contributed by atoms with van der Waals surface area (Å²) in [6.07, 6.45) is 12.6. The van der Waals surface area contributed by atoms with Crippen molar-refractivity contribution in [2.75, 3.05) is 6.54 Å². The van der Waals surface area contributed by atoms with E-state index in [2.05, 4.69) is 4.90 Å². The molecule has 17 heavy (non-hydrogen) atoms. The summed E-state index contributed by atoms with van der Waals surface area (Å²) in [6, 6.07) is 0.978. The summed E-state index contributed by atoms with van der Waals surface area (Å²) in [5, 5.41) is 0. The van der Waals surface area contributed by atoms with E-state index in [-0.39, 0.29) is 12.5 Å². The molecular formula is C14H26N2O. The molecule has 3 heteroatoms. The zero-order valence-electron chi connectivity index (χ0n) is 10.9. The molecule has 0 spiro atoms. The molecule has 2 saturated carbocycles. The van der Waals surface area contributed by atoms with Crippen LogP contribution >= 0.6 is 0 Å². The lowest BCUT2D eigenvalue weighted by Gasteiger charge is -2.41. The molecule has 0 aromatic rings. The Labute approximate surface area is 105 Å². The van der Waals surface area contributed by atoms with Crippen LogP contribution < -0.4 is 5.73 Å². The first-order valence-electron chi connectivity index (χ1n) is 7.34. The molecule has 2 aliphatic carbocycles. The van der Waals surface area contributed by atoms with Crippen molar-refractivity contribution in [1.29, 1.82) is 0 Å². The van der Waals surface area contributed by atoms with Gasteiger partial charge in [0.25, 0.3) is 0 Å². The van der Waals surface area contributed by atoms with E-state index in [0.717, 1.165) is 0 Å². The minimum atomic E-state index is 0.184. The Kier molecular flexibility index (Phi) is 4.84. The number of carbonyl (C=O) groups is 1. The smallest absolute Gasteiger partial charge is 0.236 e. The van der Waals surface area contributed by atoms with Crippen LogP contribution in [-0.2, 0) is 4.79 Å². The quantitative estimate of drug-likeness (QED) is 0.821. The van der Waals surface area contributed by atoms with Crippen LogP contribution in [0.3, 0.4) is 0 Å². The van der Waals surface area contributed by atoms with E-state index in [1.54, 1.807) is 0 Å². The monoisotopic (exact) mass is 238 g/mol. The van der Waals surface area contributed by atoms with Crippen molar-refractivity contribution >= 4 is 5.91 Å². The van der Waals surface area contributed by atoms with Crippen LogP contribution in [-0.4, -0.2) is 29.4 Å². The van der Waals surface area contributed by atoms with E-state index < -0.39 is 0 Å². The van der Waals surface area contributed by atoms with Crippen molar-refractivity contribution in [2.45, 2.75) is 76.3 Å². The SMILES string of the molecule is NCC(=O)N(C1CCCCC1)C1CCCCC1. The maximum Gasteiger partial charge on any atom is 0.236 e. The summed E-state index contributed by atoms with van der Waals surface area (Å²) in [5.41, 5.74) is 5.60. The summed E-state index contributed by atoms with van der Waals surface area (Å²) in [4.78, 5) is 14.3. The molecule has 0 aromatic carbocycles. The molecule has 98 valence electrons. The van der Waals surface area contributed by atoms with Gasteiger partial charge in [0.05, 0.1) is 6.54 Å². The molecule has 0 unspecified atom stereocenters. The van der Waals surface area contributed by atoms with E-state index in [1.165, 1.54) is 64.2 Å². The molecule has 0 aliphatic heterocycles. The maximum atomic E-state index is 12.1. The van der Waals surface area contributed by atoms with Crippen molar-refractivity contribution in [2.24, 2.45) is 5.73 Å². The van der Waals surface area contributed by atoms with Gasteiger partial charge >= 0.3 is 0 Å². The standard InChI is InChI=1S/C14H26N2O/c15-11-14(17)16(12-7-3-1-4-8-12)13-9-5-2-6-10-13/h12-13H,1-11,15H2. The van der Waals surface area contributed by atoms with Gasteiger partial charge in [0.15, 0.2) is 0 Å². The van der Waals surface area contributed by atoms with Gasteiger partial charge in [-0.2, -0.15) is 0 Å². The van der Waals surface area contributed by atoms with Crippen LogP contribution in [0.5, 0.6) is 0 Å². The van der Waals surface area contributed by atoms with Crippen LogP contribution in [0.2, 0.25) is 0 Å². The van der Waals surface area contributed by atoms with Crippen molar-refractivity contribution in [3.05, 3.63) is 0 Å². The van der Waals surface area contributed by atoms with E-state index in [1.807, 2.05) is 0 Å². The number of nitrogens with zero attached hydrogens (tertiary/aromatic N) is 1.